The van der Waals surface area contributed by atoms with Gasteiger partial charge in [-0.25, -0.2) is 4.98 Å². The quantitative estimate of drug-likeness (QED) is 0.673. The SMILES string of the molecule is CC[C@@H](C)CNC(=O)c1nc([C@@H]2CCCN2C(=O)c2ccccc2)n2ccccc12. The summed E-state index contributed by atoms with van der Waals surface area (Å²) in [5.41, 5.74) is 1.87. The summed E-state index contributed by atoms with van der Waals surface area (Å²) in [5.74, 6) is 1.01. The van der Waals surface area contributed by atoms with Gasteiger partial charge in [0.15, 0.2) is 5.69 Å². The highest BCUT2D eigenvalue weighted by atomic mass is 16.2. The predicted octanol–water partition coefficient (Wildman–Crippen LogP) is 4.09. The van der Waals surface area contributed by atoms with Gasteiger partial charge in [0.1, 0.15) is 5.82 Å². The molecule has 2 atom stereocenters. The molecule has 6 heteroatoms. The van der Waals surface area contributed by atoms with Gasteiger partial charge in [0.2, 0.25) is 0 Å². The maximum Gasteiger partial charge on any atom is 0.272 e. The van der Waals surface area contributed by atoms with E-state index in [1.165, 1.54) is 0 Å². The Kier molecular flexibility index (Phi) is 5.84. The summed E-state index contributed by atoms with van der Waals surface area (Å²) in [7, 11) is 0. The topological polar surface area (TPSA) is 66.7 Å². The summed E-state index contributed by atoms with van der Waals surface area (Å²) in [6.45, 7) is 5.54. The third-order valence-electron chi connectivity index (χ3n) is 5.93. The summed E-state index contributed by atoms with van der Waals surface area (Å²) < 4.78 is 1.96. The predicted molar refractivity (Wildman–Crippen MR) is 116 cm³/mol. The van der Waals surface area contributed by atoms with Crippen LogP contribution in [0.15, 0.2) is 54.7 Å². The van der Waals surface area contributed by atoms with Crippen molar-refractivity contribution in [3.8, 4) is 0 Å². The minimum atomic E-state index is -0.163. The first-order valence-corrected chi connectivity index (χ1v) is 10.7. The van der Waals surface area contributed by atoms with E-state index in [0.29, 0.717) is 30.3 Å². The Morgan fingerprint density at radius 1 is 1.17 bits per heavy atom. The van der Waals surface area contributed by atoms with Crippen LogP contribution in [-0.2, 0) is 0 Å². The molecule has 156 valence electrons. The molecule has 0 radical (unpaired) electrons. The number of pyridine rings is 1. The van der Waals surface area contributed by atoms with Crippen LogP contribution in [0.1, 0.15) is 65.8 Å². The Bertz CT molecular complexity index is 1040. The maximum atomic E-state index is 13.1. The zero-order valence-corrected chi connectivity index (χ0v) is 17.5. The fraction of sp³-hybridized carbons (Fsp3) is 0.375. The van der Waals surface area contributed by atoms with E-state index in [9.17, 15) is 9.59 Å². The number of likely N-dealkylation sites (tertiary alicyclic amines) is 1. The number of nitrogens with one attached hydrogen (secondary N) is 1. The third kappa shape index (κ3) is 3.82. The largest absolute Gasteiger partial charge is 0.350 e. The van der Waals surface area contributed by atoms with E-state index >= 15 is 0 Å². The van der Waals surface area contributed by atoms with Crippen molar-refractivity contribution in [2.45, 2.75) is 39.2 Å². The molecule has 0 unspecified atom stereocenters. The van der Waals surface area contributed by atoms with Gasteiger partial charge in [0.25, 0.3) is 11.8 Å². The Balaban J connectivity index is 1.67. The molecule has 1 aromatic carbocycles. The zero-order chi connectivity index (χ0) is 21.1. The fourth-order valence-corrected chi connectivity index (χ4v) is 3.98. The van der Waals surface area contributed by atoms with Gasteiger partial charge in [-0.15, -0.1) is 0 Å². The van der Waals surface area contributed by atoms with E-state index in [1.54, 1.807) is 0 Å². The zero-order valence-electron chi connectivity index (χ0n) is 17.5. The highest BCUT2D eigenvalue weighted by Gasteiger charge is 2.34. The number of hydrogen-bond donors (Lipinski definition) is 1. The smallest absolute Gasteiger partial charge is 0.272 e. The molecule has 3 aromatic rings. The minimum absolute atomic E-state index is 0.00792. The van der Waals surface area contributed by atoms with Crippen molar-refractivity contribution in [1.29, 1.82) is 0 Å². The summed E-state index contributed by atoms with van der Waals surface area (Å²) in [4.78, 5) is 32.6. The first-order chi connectivity index (χ1) is 14.6. The number of carbonyl (C=O) groups excluding carboxylic acids is 2. The lowest BCUT2D eigenvalue weighted by atomic mass is 10.1. The standard InChI is InChI=1S/C24H28N4O2/c1-3-17(2)16-25-23(29)21-19-12-7-8-14-27(19)22(26-21)20-13-9-15-28(20)24(30)18-10-5-4-6-11-18/h4-8,10-12,14,17,20H,3,9,13,15-16H2,1-2H3,(H,25,29)/t17-,20+/m1/s1. The number of benzene rings is 1. The van der Waals surface area contributed by atoms with Crippen molar-refractivity contribution in [2.24, 2.45) is 5.92 Å². The Hall–Kier alpha value is -3.15. The van der Waals surface area contributed by atoms with E-state index in [4.69, 9.17) is 4.98 Å². The first kappa shape index (κ1) is 20.1. The van der Waals surface area contributed by atoms with Crippen LogP contribution >= 0.6 is 0 Å². The Morgan fingerprint density at radius 2 is 1.93 bits per heavy atom. The van der Waals surface area contributed by atoms with Crippen molar-refractivity contribution in [3.05, 3.63) is 71.8 Å². The minimum Gasteiger partial charge on any atom is -0.350 e. The van der Waals surface area contributed by atoms with Gasteiger partial charge in [-0.1, -0.05) is 44.5 Å². The van der Waals surface area contributed by atoms with E-state index < -0.39 is 0 Å². The molecule has 1 saturated heterocycles. The lowest BCUT2D eigenvalue weighted by molar-refractivity contribution is 0.0729. The van der Waals surface area contributed by atoms with Crippen LogP contribution in [-0.4, -0.2) is 39.2 Å². The molecule has 2 aromatic heterocycles. The summed E-state index contributed by atoms with van der Waals surface area (Å²) in [5, 5.41) is 3.01. The highest BCUT2D eigenvalue weighted by molar-refractivity contribution is 5.99. The Labute approximate surface area is 176 Å². The number of imidazole rings is 1. The lowest BCUT2D eigenvalue weighted by Gasteiger charge is -2.24. The van der Waals surface area contributed by atoms with Crippen LogP contribution in [0, 0.1) is 5.92 Å². The number of fused-ring (bicyclic) bond motifs is 1. The van der Waals surface area contributed by atoms with Crippen LogP contribution in [0.2, 0.25) is 0 Å². The summed E-state index contributed by atoms with van der Waals surface area (Å²) >= 11 is 0. The van der Waals surface area contributed by atoms with Crippen LogP contribution in [0.5, 0.6) is 0 Å². The first-order valence-electron chi connectivity index (χ1n) is 10.7. The molecule has 30 heavy (non-hydrogen) atoms. The number of rotatable bonds is 6. The molecular weight excluding hydrogens is 376 g/mol. The lowest BCUT2D eigenvalue weighted by Crippen LogP contribution is -2.31. The average Bonchev–Trinajstić information content (AvgIpc) is 3.42. The van der Waals surface area contributed by atoms with Crippen LogP contribution < -0.4 is 5.32 Å². The maximum absolute atomic E-state index is 13.1. The summed E-state index contributed by atoms with van der Waals surface area (Å²) in [6, 6.07) is 14.9. The number of amides is 2. The van der Waals surface area contributed by atoms with E-state index in [-0.39, 0.29) is 17.9 Å². The molecule has 1 aliphatic heterocycles. The van der Waals surface area contributed by atoms with Gasteiger partial charge < -0.3 is 14.6 Å². The summed E-state index contributed by atoms with van der Waals surface area (Å²) in [6.07, 6.45) is 4.68. The van der Waals surface area contributed by atoms with Crippen LogP contribution in [0.3, 0.4) is 0 Å². The van der Waals surface area contributed by atoms with Gasteiger partial charge in [0, 0.05) is 24.8 Å². The van der Waals surface area contributed by atoms with Crippen molar-refractivity contribution >= 4 is 17.3 Å². The number of aromatic nitrogens is 2. The van der Waals surface area contributed by atoms with Crippen LogP contribution in [0.4, 0.5) is 0 Å². The van der Waals surface area contributed by atoms with Gasteiger partial charge in [-0.3, -0.25) is 9.59 Å². The average molecular weight is 405 g/mol. The molecule has 0 spiro atoms. The second-order valence-electron chi connectivity index (χ2n) is 8.02. The normalized spacial score (nSPS) is 17.3. The fourth-order valence-electron chi connectivity index (χ4n) is 3.98. The Morgan fingerprint density at radius 3 is 2.70 bits per heavy atom. The molecule has 0 aliphatic carbocycles. The van der Waals surface area contributed by atoms with E-state index in [1.807, 2.05) is 64.0 Å². The highest BCUT2D eigenvalue weighted by Crippen LogP contribution is 2.33. The molecule has 3 heterocycles. The van der Waals surface area contributed by atoms with Crippen molar-refractivity contribution in [1.82, 2.24) is 19.6 Å². The monoisotopic (exact) mass is 404 g/mol. The van der Waals surface area contributed by atoms with Crippen molar-refractivity contribution in [3.63, 3.8) is 0 Å². The van der Waals surface area contributed by atoms with Gasteiger partial charge in [-0.2, -0.15) is 0 Å². The third-order valence-corrected chi connectivity index (χ3v) is 5.93. The molecule has 2 amide bonds. The van der Waals surface area contributed by atoms with Crippen LogP contribution in [0.25, 0.3) is 5.52 Å². The molecule has 4 rings (SSSR count). The van der Waals surface area contributed by atoms with Gasteiger partial charge >= 0.3 is 0 Å². The number of hydrogen-bond acceptors (Lipinski definition) is 3. The second kappa shape index (κ2) is 8.69. The molecule has 0 saturated carbocycles. The molecule has 1 N–H and O–H groups in total. The number of carbonyl (C=O) groups is 2. The molecule has 0 bridgehead atoms. The van der Waals surface area contributed by atoms with Crippen molar-refractivity contribution < 1.29 is 9.59 Å². The number of nitrogens with zero attached hydrogens (tertiary/aromatic N) is 3. The van der Waals surface area contributed by atoms with Crippen molar-refractivity contribution in [2.75, 3.05) is 13.1 Å². The molecule has 1 fully saturated rings. The molecule has 6 nitrogen and oxygen atoms in total. The van der Waals surface area contributed by atoms with E-state index in [2.05, 4.69) is 19.2 Å². The van der Waals surface area contributed by atoms with Gasteiger partial charge in [0.05, 0.1) is 11.6 Å². The van der Waals surface area contributed by atoms with E-state index in [0.717, 1.165) is 30.6 Å². The molecular formula is C24H28N4O2. The van der Waals surface area contributed by atoms with Gasteiger partial charge in [-0.05, 0) is 43.0 Å². The second-order valence-corrected chi connectivity index (χ2v) is 8.02. The molecule has 1 aliphatic rings.